The van der Waals surface area contributed by atoms with Crippen molar-refractivity contribution in [3.05, 3.63) is 23.8 Å². The number of aryl methyl sites for hydroxylation is 1. The van der Waals surface area contributed by atoms with Gasteiger partial charge in [0, 0.05) is 23.1 Å². The molecule has 0 spiro atoms. The first-order valence-corrected chi connectivity index (χ1v) is 5.50. The molecule has 0 fully saturated rings. The predicted molar refractivity (Wildman–Crippen MR) is 58.2 cm³/mol. The van der Waals surface area contributed by atoms with Gasteiger partial charge in [-0.05, 0) is 13.3 Å². The van der Waals surface area contributed by atoms with Gasteiger partial charge in [-0.15, -0.1) is 0 Å². The highest BCUT2D eigenvalue weighted by Gasteiger charge is 2.17. The average molecular weight is 243 g/mol. The van der Waals surface area contributed by atoms with Crippen LogP contribution in [0, 0.1) is 6.92 Å². The molecule has 2 unspecified atom stereocenters. The second-order valence-electron chi connectivity index (χ2n) is 3.24. The highest BCUT2D eigenvalue weighted by atomic mass is 79.9. The first kappa shape index (κ1) is 10.6. The lowest BCUT2D eigenvalue weighted by atomic mass is 10.0. The topological polar surface area (TPSA) is 25.8 Å². The van der Waals surface area contributed by atoms with Crippen molar-refractivity contribution in [1.82, 2.24) is 9.97 Å². The summed E-state index contributed by atoms with van der Waals surface area (Å²) in [5.41, 5.74) is 2.14. The molecule has 1 heterocycles. The Hall–Kier alpha value is -0.440. The van der Waals surface area contributed by atoms with Crippen molar-refractivity contribution in [3.8, 4) is 0 Å². The van der Waals surface area contributed by atoms with E-state index in [9.17, 15) is 0 Å². The number of hydrogen-bond donors (Lipinski definition) is 0. The van der Waals surface area contributed by atoms with E-state index in [-0.39, 0.29) is 0 Å². The summed E-state index contributed by atoms with van der Waals surface area (Å²) in [5, 5.41) is 0. The van der Waals surface area contributed by atoms with Crippen LogP contribution in [-0.2, 0) is 0 Å². The minimum atomic E-state index is 0.429. The van der Waals surface area contributed by atoms with Crippen LogP contribution in [0.1, 0.15) is 37.6 Å². The van der Waals surface area contributed by atoms with Crippen molar-refractivity contribution >= 4 is 15.9 Å². The molecule has 0 N–H and O–H groups in total. The van der Waals surface area contributed by atoms with E-state index in [1.807, 2.05) is 6.92 Å². The molecule has 3 heteroatoms. The second-order valence-corrected chi connectivity index (χ2v) is 4.42. The third kappa shape index (κ3) is 2.50. The minimum absolute atomic E-state index is 0.429. The van der Waals surface area contributed by atoms with Gasteiger partial charge in [0.1, 0.15) is 0 Å². The molecular weight excluding hydrogens is 228 g/mol. The van der Waals surface area contributed by atoms with Crippen molar-refractivity contribution in [2.75, 3.05) is 0 Å². The minimum Gasteiger partial charge on any atom is -0.258 e. The van der Waals surface area contributed by atoms with E-state index in [2.05, 4.69) is 39.7 Å². The zero-order valence-corrected chi connectivity index (χ0v) is 9.87. The summed E-state index contributed by atoms with van der Waals surface area (Å²) < 4.78 is 0. The zero-order chi connectivity index (χ0) is 9.84. The van der Waals surface area contributed by atoms with Gasteiger partial charge in [0.05, 0.1) is 11.4 Å². The maximum absolute atomic E-state index is 4.35. The summed E-state index contributed by atoms with van der Waals surface area (Å²) in [7, 11) is 0. The van der Waals surface area contributed by atoms with Crippen LogP contribution in [0.2, 0.25) is 0 Å². The van der Waals surface area contributed by atoms with Crippen LogP contribution in [0.25, 0.3) is 0 Å². The molecule has 1 aromatic rings. The van der Waals surface area contributed by atoms with Crippen LogP contribution in [0.15, 0.2) is 12.4 Å². The Bertz CT molecular complexity index is 275. The third-order valence-electron chi connectivity index (χ3n) is 2.28. The van der Waals surface area contributed by atoms with Gasteiger partial charge in [-0.2, -0.15) is 0 Å². The standard InChI is InChI=1S/C10H15BrN2/c1-4-9(11)7(2)10-8(3)12-5-6-13-10/h5-7,9H,4H2,1-3H3. The highest BCUT2D eigenvalue weighted by Crippen LogP contribution is 2.26. The van der Waals surface area contributed by atoms with Crippen molar-refractivity contribution in [1.29, 1.82) is 0 Å². The van der Waals surface area contributed by atoms with Crippen LogP contribution in [0.3, 0.4) is 0 Å². The first-order chi connectivity index (χ1) is 6.16. The molecule has 72 valence electrons. The number of hydrogen-bond acceptors (Lipinski definition) is 2. The molecule has 0 aliphatic rings. The molecule has 13 heavy (non-hydrogen) atoms. The number of halogens is 1. The molecular formula is C10H15BrN2. The Morgan fingerprint density at radius 3 is 2.54 bits per heavy atom. The van der Waals surface area contributed by atoms with Crippen molar-refractivity contribution < 1.29 is 0 Å². The Labute approximate surface area is 87.9 Å². The van der Waals surface area contributed by atoms with Crippen LogP contribution in [-0.4, -0.2) is 14.8 Å². The van der Waals surface area contributed by atoms with Crippen LogP contribution in [0.4, 0.5) is 0 Å². The lowest BCUT2D eigenvalue weighted by Crippen LogP contribution is -2.11. The zero-order valence-electron chi connectivity index (χ0n) is 8.29. The molecule has 1 rings (SSSR count). The highest BCUT2D eigenvalue weighted by molar-refractivity contribution is 9.09. The van der Waals surface area contributed by atoms with Crippen LogP contribution in [0.5, 0.6) is 0 Å². The van der Waals surface area contributed by atoms with Crippen LogP contribution >= 0.6 is 15.9 Å². The normalized spacial score (nSPS) is 15.4. The van der Waals surface area contributed by atoms with Crippen molar-refractivity contribution in [2.24, 2.45) is 0 Å². The quantitative estimate of drug-likeness (QED) is 0.762. The van der Waals surface area contributed by atoms with Gasteiger partial charge in [0.15, 0.2) is 0 Å². The van der Waals surface area contributed by atoms with Crippen molar-refractivity contribution in [3.63, 3.8) is 0 Å². The lowest BCUT2D eigenvalue weighted by molar-refractivity contribution is 0.664. The van der Waals surface area contributed by atoms with Gasteiger partial charge in [-0.1, -0.05) is 29.8 Å². The predicted octanol–water partition coefficient (Wildman–Crippen LogP) is 3.06. The molecule has 2 nitrogen and oxygen atoms in total. The third-order valence-corrected chi connectivity index (χ3v) is 3.72. The molecule has 0 saturated carbocycles. The van der Waals surface area contributed by atoms with Gasteiger partial charge < -0.3 is 0 Å². The Kier molecular flexibility index (Phi) is 3.85. The van der Waals surface area contributed by atoms with Gasteiger partial charge in [0.2, 0.25) is 0 Å². The Balaban J connectivity index is 2.88. The van der Waals surface area contributed by atoms with Gasteiger partial charge in [-0.25, -0.2) is 0 Å². The van der Waals surface area contributed by atoms with E-state index in [1.165, 1.54) is 0 Å². The molecule has 0 aromatic carbocycles. The molecule has 0 aliphatic carbocycles. The molecule has 0 bridgehead atoms. The van der Waals surface area contributed by atoms with Gasteiger partial charge in [-0.3, -0.25) is 9.97 Å². The molecule has 0 aliphatic heterocycles. The smallest absolute Gasteiger partial charge is 0.0655 e. The Morgan fingerprint density at radius 1 is 1.38 bits per heavy atom. The fourth-order valence-corrected chi connectivity index (χ4v) is 1.64. The van der Waals surface area contributed by atoms with Gasteiger partial charge >= 0.3 is 0 Å². The number of rotatable bonds is 3. The summed E-state index contributed by atoms with van der Waals surface area (Å²) >= 11 is 3.65. The monoisotopic (exact) mass is 242 g/mol. The van der Waals surface area contributed by atoms with Crippen LogP contribution < -0.4 is 0 Å². The summed E-state index contributed by atoms with van der Waals surface area (Å²) in [6.45, 7) is 6.36. The lowest BCUT2D eigenvalue weighted by Gasteiger charge is -2.17. The van der Waals surface area contributed by atoms with Gasteiger partial charge in [0.25, 0.3) is 0 Å². The van der Waals surface area contributed by atoms with Crippen molar-refractivity contribution in [2.45, 2.75) is 37.9 Å². The average Bonchev–Trinajstić information content (AvgIpc) is 2.16. The number of alkyl halides is 1. The van der Waals surface area contributed by atoms with E-state index in [0.717, 1.165) is 17.8 Å². The Morgan fingerprint density at radius 2 is 2.00 bits per heavy atom. The largest absolute Gasteiger partial charge is 0.258 e. The van der Waals surface area contributed by atoms with E-state index in [0.29, 0.717) is 10.7 Å². The van der Waals surface area contributed by atoms with E-state index in [4.69, 9.17) is 0 Å². The van der Waals surface area contributed by atoms with E-state index in [1.54, 1.807) is 12.4 Å². The maximum Gasteiger partial charge on any atom is 0.0655 e. The number of aromatic nitrogens is 2. The molecule has 0 amide bonds. The molecule has 1 aromatic heterocycles. The van der Waals surface area contributed by atoms with E-state index < -0.39 is 0 Å². The maximum atomic E-state index is 4.35. The fourth-order valence-electron chi connectivity index (χ4n) is 1.39. The van der Waals surface area contributed by atoms with E-state index >= 15 is 0 Å². The summed E-state index contributed by atoms with van der Waals surface area (Å²) in [4.78, 5) is 9.08. The molecule has 2 atom stereocenters. The molecule has 0 saturated heterocycles. The second kappa shape index (κ2) is 4.70. The fraction of sp³-hybridized carbons (Fsp3) is 0.600. The number of nitrogens with zero attached hydrogens (tertiary/aromatic N) is 2. The summed E-state index contributed by atoms with van der Waals surface area (Å²) in [6, 6.07) is 0. The summed E-state index contributed by atoms with van der Waals surface area (Å²) in [6.07, 6.45) is 4.60. The SMILES string of the molecule is CCC(Br)C(C)c1nccnc1C. The first-order valence-electron chi connectivity index (χ1n) is 4.58. The summed E-state index contributed by atoms with van der Waals surface area (Å²) in [5.74, 6) is 0.429. The molecule has 0 radical (unpaired) electrons.